The topological polar surface area (TPSA) is 52.7 Å². The van der Waals surface area contributed by atoms with Crippen LogP contribution in [0.5, 0.6) is 0 Å². The molecule has 0 fully saturated rings. The molecule has 132 valence electrons. The van der Waals surface area contributed by atoms with E-state index in [1.54, 1.807) is 0 Å². The molecule has 25 heavy (non-hydrogen) atoms. The Balaban J connectivity index is 2.00. The molecule has 2 amide bonds. The summed E-state index contributed by atoms with van der Waals surface area (Å²) in [6.07, 6.45) is 0. The van der Waals surface area contributed by atoms with Crippen molar-refractivity contribution in [2.45, 2.75) is 20.4 Å². The molecule has 0 aromatic heterocycles. The van der Waals surface area contributed by atoms with E-state index in [-0.39, 0.29) is 18.4 Å². The molecule has 0 unspecified atom stereocenters. The lowest BCUT2D eigenvalue weighted by Gasteiger charge is -2.22. The van der Waals surface area contributed by atoms with Crippen LogP contribution >= 0.6 is 0 Å². The SMILES string of the molecule is CC(=O)N(CC(=O)NCc1cccc(C)c1)c1ccc(N(C)C)cc1. The maximum absolute atomic E-state index is 12.3. The summed E-state index contributed by atoms with van der Waals surface area (Å²) in [5.74, 6) is -0.350. The minimum atomic E-state index is -0.187. The van der Waals surface area contributed by atoms with E-state index in [4.69, 9.17) is 0 Å². The van der Waals surface area contributed by atoms with E-state index in [9.17, 15) is 9.59 Å². The van der Waals surface area contributed by atoms with Crippen LogP contribution in [-0.4, -0.2) is 32.5 Å². The molecule has 2 aromatic rings. The Morgan fingerprint density at radius 2 is 1.64 bits per heavy atom. The first-order chi connectivity index (χ1) is 11.9. The summed E-state index contributed by atoms with van der Waals surface area (Å²) in [5, 5.41) is 2.87. The van der Waals surface area contributed by atoms with Crippen molar-refractivity contribution in [2.75, 3.05) is 30.4 Å². The van der Waals surface area contributed by atoms with Gasteiger partial charge in [0.15, 0.2) is 0 Å². The predicted molar refractivity (Wildman–Crippen MR) is 102 cm³/mol. The van der Waals surface area contributed by atoms with Crippen LogP contribution < -0.4 is 15.1 Å². The van der Waals surface area contributed by atoms with E-state index in [0.717, 1.165) is 16.8 Å². The molecule has 0 spiro atoms. The lowest BCUT2D eigenvalue weighted by molar-refractivity contribution is -0.123. The van der Waals surface area contributed by atoms with Gasteiger partial charge in [-0.2, -0.15) is 0 Å². The normalized spacial score (nSPS) is 10.2. The summed E-state index contributed by atoms with van der Waals surface area (Å²) in [4.78, 5) is 27.7. The Morgan fingerprint density at radius 3 is 2.20 bits per heavy atom. The molecule has 5 heteroatoms. The summed E-state index contributed by atoms with van der Waals surface area (Å²) in [5.41, 5.74) is 3.94. The van der Waals surface area contributed by atoms with E-state index in [2.05, 4.69) is 5.32 Å². The number of anilines is 2. The second-order valence-electron chi connectivity index (χ2n) is 6.28. The number of hydrogen-bond donors (Lipinski definition) is 1. The molecule has 0 saturated carbocycles. The first-order valence-corrected chi connectivity index (χ1v) is 8.24. The number of nitrogens with one attached hydrogen (secondary N) is 1. The number of hydrogen-bond acceptors (Lipinski definition) is 3. The molecule has 0 radical (unpaired) electrons. The maximum atomic E-state index is 12.3. The van der Waals surface area contributed by atoms with Gasteiger partial charge in [-0.25, -0.2) is 0 Å². The third-order valence-electron chi connectivity index (χ3n) is 3.93. The molecular weight excluding hydrogens is 314 g/mol. The summed E-state index contributed by atoms with van der Waals surface area (Å²) in [6.45, 7) is 3.93. The van der Waals surface area contributed by atoms with Gasteiger partial charge in [0.2, 0.25) is 11.8 Å². The van der Waals surface area contributed by atoms with Crippen LogP contribution in [0.15, 0.2) is 48.5 Å². The van der Waals surface area contributed by atoms with Crippen molar-refractivity contribution >= 4 is 23.2 Å². The molecule has 0 aliphatic carbocycles. The van der Waals surface area contributed by atoms with E-state index >= 15 is 0 Å². The van der Waals surface area contributed by atoms with Crippen molar-refractivity contribution in [2.24, 2.45) is 0 Å². The first kappa shape index (κ1) is 18.5. The van der Waals surface area contributed by atoms with Gasteiger partial charge in [0.1, 0.15) is 6.54 Å². The summed E-state index contributed by atoms with van der Waals surface area (Å²) in [6, 6.07) is 15.5. The number of nitrogens with zero attached hydrogens (tertiary/aromatic N) is 2. The van der Waals surface area contributed by atoms with Gasteiger partial charge >= 0.3 is 0 Å². The predicted octanol–water partition coefficient (Wildman–Crippen LogP) is 2.73. The van der Waals surface area contributed by atoms with E-state index in [0.29, 0.717) is 12.2 Å². The molecule has 0 aliphatic heterocycles. The van der Waals surface area contributed by atoms with Gasteiger partial charge < -0.3 is 15.1 Å². The van der Waals surface area contributed by atoms with E-state index in [1.165, 1.54) is 11.8 Å². The second kappa shape index (κ2) is 8.33. The van der Waals surface area contributed by atoms with Crippen molar-refractivity contribution in [1.82, 2.24) is 5.32 Å². The largest absolute Gasteiger partial charge is 0.378 e. The Bertz CT molecular complexity index is 739. The molecule has 0 aliphatic rings. The molecule has 0 bridgehead atoms. The fourth-order valence-electron chi connectivity index (χ4n) is 2.54. The number of carbonyl (C=O) groups excluding carboxylic acids is 2. The first-order valence-electron chi connectivity index (χ1n) is 8.24. The molecule has 2 aromatic carbocycles. The highest BCUT2D eigenvalue weighted by molar-refractivity contribution is 5.97. The van der Waals surface area contributed by atoms with Gasteiger partial charge in [-0.05, 0) is 36.8 Å². The van der Waals surface area contributed by atoms with Crippen LogP contribution in [0.4, 0.5) is 11.4 Å². The van der Waals surface area contributed by atoms with Crippen LogP contribution in [-0.2, 0) is 16.1 Å². The van der Waals surface area contributed by atoms with Gasteiger partial charge in [-0.15, -0.1) is 0 Å². The number of rotatable bonds is 6. The summed E-state index contributed by atoms with van der Waals surface area (Å²) < 4.78 is 0. The van der Waals surface area contributed by atoms with Crippen LogP contribution in [0.2, 0.25) is 0 Å². The quantitative estimate of drug-likeness (QED) is 0.880. The van der Waals surface area contributed by atoms with Gasteiger partial charge in [0, 0.05) is 38.9 Å². The Morgan fingerprint density at radius 1 is 1.00 bits per heavy atom. The van der Waals surface area contributed by atoms with Gasteiger partial charge in [0.05, 0.1) is 0 Å². The van der Waals surface area contributed by atoms with Crippen molar-refractivity contribution < 1.29 is 9.59 Å². The number of amides is 2. The van der Waals surface area contributed by atoms with Crippen LogP contribution in [0.25, 0.3) is 0 Å². The second-order valence-corrected chi connectivity index (χ2v) is 6.28. The van der Waals surface area contributed by atoms with Crippen molar-refractivity contribution in [1.29, 1.82) is 0 Å². The molecule has 5 nitrogen and oxygen atoms in total. The Hall–Kier alpha value is -2.82. The van der Waals surface area contributed by atoms with Crippen LogP contribution in [0.3, 0.4) is 0 Å². The lowest BCUT2D eigenvalue weighted by Crippen LogP contribution is -2.39. The average Bonchev–Trinajstić information content (AvgIpc) is 2.58. The highest BCUT2D eigenvalue weighted by atomic mass is 16.2. The molecule has 0 atom stereocenters. The highest BCUT2D eigenvalue weighted by Gasteiger charge is 2.15. The summed E-state index contributed by atoms with van der Waals surface area (Å²) in [7, 11) is 3.91. The minimum Gasteiger partial charge on any atom is -0.378 e. The smallest absolute Gasteiger partial charge is 0.240 e. The third-order valence-corrected chi connectivity index (χ3v) is 3.93. The van der Waals surface area contributed by atoms with Crippen molar-refractivity contribution in [3.05, 3.63) is 59.7 Å². The van der Waals surface area contributed by atoms with Gasteiger partial charge in [-0.1, -0.05) is 29.8 Å². The zero-order valence-electron chi connectivity index (χ0n) is 15.2. The Labute approximate surface area is 149 Å². The zero-order chi connectivity index (χ0) is 18.4. The van der Waals surface area contributed by atoms with Crippen LogP contribution in [0, 0.1) is 6.92 Å². The van der Waals surface area contributed by atoms with Crippen LogP contribution in [0.1, 0.15) is 18.1 Å². The molecule has 0 saturated heterocycles. The lowest BCUT2D eigenvalue weighted by atomic mass is 10.1. The number of benzene rings is 2. The molecule has 0 heterocycles. The highest BCUT2D eigenvalue weighted by Crippen LogP contribution is 2.19. The van der Waals surface area contributed by atoms with E-state index in [1.807, 2.05) is 74.4 Å². The Kier molecular flexibility index (Phi) is 6.17. The fourth-order valence-corrected chi connectivity index (χ4v) is 2.54. The summed E-state index contributed by atoms with van der Waals surface area (Å²) >= 11 is 0. The monoisotopic (exact) mass is 339 g/mol. The maximum Gasteiger partial charge on any atom is 0.240 e. The van der Waals surface area contributed by atoms with Gasteiger partial charge in [0.25, 0.3) is 0 Å². The number of carbonyl (C=O) groups is 2. The van der Waals surface area contributed by atoms with Crippen molar-refractivity contribution in [3.8, 4) is 0 Å². The minimum absolute atomic E-state index is 0.00244. The molecule has 1 N–H and O–H groups in total. The van der Waals surface area contributed by atoms with E-state index < -0.39 is 0 Å². The zero-order valence-corrected chi connectivity index (χ0v) is 15.2. The number of aryl methyl sites for hydroxylation is 1. The molecular formula is C20H25N3O2. The van der Waals surface area contributed by atoms with Gasteiger partial charge in [-0.3, -0.25) is 9.59 Å². The standard InChI is InChI=1S/C20H25N3O2/c1-15-6-5-7-17(12-15)13-21-20(25)14-23(16(2)24)19-10-8-18(9-11-19)22(3)4/h5-12H,13-14H2,1-4H3,(H,21,25). The average molecular weight is 339 g/mol. The fraction of sp³-hybridized carbons (Fsp3) is 0.300. The van der Waals surface area contributed by atoms with Crippen molar-refractivity contribution in [3.63, 3.8) is 0 Å². The third kappa shape index (κ3) is 5.35. The molecule has 2 rings (SSSR count).